The summed E-state index contributed by atoms with van der Waals surface area (Å²) in [6, 6.07) is 22.8. The quantitative estimate of drug-likeness (QED) is 0.0585. The molecule has 362 valence electrons. The number of hydrogen-bond donors (Lipinski definition) is 6. The molecule has 0 spiro atoms. The summed E-state index contributed by atoms with van der Waals surface area (Å²) >= 11 is 0. The first kappa shape index (κ1) is 52.3. The molecule has 1 aliphatic rings. The number of amides is 5. The highest BCUT2D eigenvalue weighted by Crippen LogP contribution is 2.40. The molecule has 5 rings (SSSR count). The molecule has 5 amide bonds. The maximum Gasteiger partial charge on any atom is 0.469 e. The van der Waals surface area contributed by atoms with Gasteiger partial charge in [-0.1, -0.05) is 108 Å². The van der Waals surface area contributed by atoms with E-state index in [2.05, 4.69) is 25.9 Å². The van der Waals surface area contributed by atoms with Crippen molar-refractivity contribution in [1.82, 2.24) is 35.7 Å². The predicted molar refractivity (Wildman–Crippen MR) is 253 cm³/mol. The van der Waals surface area contributed by atoms with Crippen molar-refractivity contribution in [2.75, 3.05) is 20.2 Å². The van der Waals surface area contributed by atoms with Gasteiger partial charge in [0.05, 0.1) is 42.9 Å². The van der Waals surface area contributed by atoms with Crippen LogP contribution in [0, 0.1) is 10.8 Å². The zero-order chi connectivity index (χ0) is 49.3. The number of pyridine rings is 2. The smallest absolute Gasteiger partial charge is 0.453 e. The number of carbonyl (C=O) groups is 4. The van der Waals surface area contributed by atoms with Gasteiger partial charge in [0.15, 0.2) is 0 Å². The number of carbonyl (C=O) groups excluding carboxylic acids is 4. The summed E-state index contributed by atoms with van der Waals surface area (Å²) in [5.74, 6) is -1.16. The lowest BCUT2D eigenvalue weighted by Gasteiger charge is -2.39. The third-order valence-corrected chi connectivity index (χ3v) is 12.0. The van der Waals surface area contributed by atoms with Gasteiger partial charge in [-0.2, -0.15) is 0 Å². The number of aliphatic hydroxyl groups is 1. The summed E-state index contributed by atoms with van der Waals surface area (Å²) in [6.07, 6.45) is -0.591. The predicted octanol–water partition coefficient (Wildman–Crippen LogP) is 6.12. The second-order valence-electron chi connectivity index (χ2n) is 19.7. The van der Waals surface area contributed by atoms with E-state index in [1.54, 1.807) is 76.0 Å². The molecule has 5 atom stereocenters. The molecule has 0 aliphatic carbocycles. The highest BCUT2D eigenvalue weighted by atomic mass is 31.2. The van der Waals surface area contributed by atoms with Crippen LogP contribution in [0.15, 0.2) is 97.2 Å². The van der Waals surface area contributed by atoms with Crippen molar-refractivity contribution in [2.24, 2.45) is 10.8 Å². The molecule has 0 radical (unpaired) electrons. The van der Waals surface area contributed by atoms with Crippen LogP contribution in [-0.4, -0.2) is 109 Å². The lowest BCUT2D eigenvalue weighted by Crippen LogP contribution is -2.59. The monoisotopic (exact) mass is 943 g/mol. The van der Waals surface area contributed by atoms with Gasteiger partial charge in [0.1, 0.15) is 17.7 Å². The van der Waals surface area contributed by atoms with E-state index in [9.17, 15) is 38.6 Å². The fraction of sp³-hybridized carbons (Fsp3) is 0.469. The first-order chi connectivity index (χ1) is 31.3. The van der Waals surface area contributed by atoms with E-state index >= 15 is 0 Å². The Morgan fingerprint density at radius 3 is 2.01 bits per heavy atom. The lowest BCUT2D eigenvalue weighted by molar-refractivity contribution is -0.130. The first-order valence-electron chi connectivity index (χ1n) is 22.3. The maximum absolute atomic E-state index is 14.9. The van der Waals surface area contributed by atoms with Crippen molar-refractivity contribution in [3.8, 4) is 11.3 Å². The Bertz CT molecular complexity index is 2350. The van der Waals surface area contributed by atoms with Gasteiger partial charge in [0.25, 0.3) is 0 Å². The van der Waals surface area contributed by atoms with E-state index in [-0.39, 0.29) is 38.9 Å². The minimum Gasteiger partial charge on any atom is -0.453 e. The third kappa shape index (κ3) is 15.1. The molecule has 3 heterocycles. The van der Waals surface area contributed by atoms with E-state index in [4.69, 9.17) is 9.26 Å². The van der Waals surface area contributed by atoms with Gasteiger partial charge in [-0.15, -0.1) is 0 Å². The molecule has 2 aromatic heterocycles. The van der Waals surface area contributed by atoms with Crippen LogP contribution in [0.25, 0.3) is 11.3 Å². The number of methoxy groups -OCH3 is 1. The number of hydrogen-bond acceptors (Lipinski definition) is 10. The third-order valence-electron chi connectivity index (χ3n) is 11.5. The minimum absolute atomic E-state index is 0.0470. The van der Waals surface area contributed by atoms with Crippen LogP contribution in [0.2, 0.25) is 0 Å². The molecule has 6 N–H and O–H groups in total. The highest BCUT2D eigenvalue weighted by molar-refractivity contribution is 7.46. The van der Waals surface area contributed by atoms with Gasteiger partial charge in [-0.3, -0.25) is 24.1 Å². The summed E-state index contributed by atoms with van der Waals surface area (Å²) < 4.78 is 23.4. The Labute approximate surface area is 393 Å². The van der Waals surface area contributed by atoms with Crippen LogP contribution in [0.5, 0.6) is 0 Å². The Morgan fingerprint density at radius 1 is 0.776 bits per heavy atom. The molecule has 1 aliphatic heterocycles. The second-order valence-corrected chi connectivity index (χ2v) is 20.9. The van der Waals surface area contributed by atoms with Crippen molar-refractivity contribution < 1.29 is 47.9 Å². The van der Waals surface area contributed by atoms with E-state index in [1.807, 2.05) is 81.4 Å². The number of nitrogens with one attached hydrogen (secondary N) is 3. The van der Waals surface area contributed by atoms with Crippen molar-refractivity contribution in [3.63, 3.8) is 0 Å². The van der Waals surface area contributed by atoms with Crippen LogP contribution in [0.1, 0.15) is 84.3 Å². The average Bonchev–Trinajstić information content (AvgIpc) is 3.59. The molecule has 0 bridgehead atoms. The van der Waals surface area contributed by atoms with Crippen LogP contribution in [0.4, 0.5) is 9.59 Å². The fourth-order valence-electron chi connectivity index (χ4n) is 8.20. The van der Waals surface area contributed by atoms with Gasteiger partial charge in [-0.05, 0) is 79.3 Å². The Balaban J connectivity index is 1.51. The summed E-state index contributed by atoms with van der Waals surface area (Å²) in [5, 5.41) is 19.3. The Kier molecular flexibility index (Phi) is 17.1. The van der Waals surface area contributed by atoms with Gasteiger partial charge in [-0.25, -0.2) is 14.2 Å². The minimum atomic E-state index is -5.29. The molecule has 1 fully saturated rings. The molecule has 18 heteroatoms. The van der Waals surface area contributed by atoms with Crippen LogP contribution >= 0.6 is 7.82 Å². The largest absolute Gasteiger partial charge is 0.469 e. The Morgan fingerprint density at radius 2 is 1.43 bits per heavy atom. The number of rotatable bonds is 19. The van der Waals surface area contributed by atoms with Crippen LogP contribution < -0.4 is 16.0 Å². The van der Waals surface area contributed by atoms with Gasteiger partial charge in [0, 0.05) is 30.9 Å². The zero-order valence-electron chi connectivity index (χ0n) is 39.8. The molecule has 2 aromatic carbocycles. The second kappa shape index (κ2) is 21.9. The summed E-state index contributed by atoms with van der Waals surface area (Å²) in [6.45, 7) is 14.7. The van der Waals surface area contributed by atoms with Gasteiger partial charge >= 0.3 is 19.9 Å². The van der Waals surface area contributed by atoms with Crippen molar-refractivity contribution in [2.45, 2.75) is 117 Å². The highest BCUT2D eigenvalue weighted by Gasteiger charge is 2.45. The normalized spacial score (nSPS) is 15.9. The molecule has 1 saturated heterocycles. The van der Waals surface area contributed by atoms with Crippen molar-refractivity contribution in [3.05, 3.63) is 120 Å². The molecular formula is C49H66N7O10P. The number of nitrogens with zero attached hydrogens (tertiary/aromatic N) is 4. The summed E-state index contributed by atoms with van der Waals surface area (Å²) in [7, 11) is -4.10. The van der Waals surface area contributed by atoms with E-state index in [1.165, 1.54) is 12.0 Å². The summed E-state index contributed by atoms with van der Waals surface area (Å²) in [5.41, 5.74) is 1.24. The van der Waals surface area contributed by atoms with Crippen LogP contribution in [0.3, 0.4) is 0 Å². The molecule has 17 nitrogen and oxygen atoms in total. The van der Waals surface area contributed by atoms with Crippen molar-refractivity contribution in [1.29, 1.82) is 0 Å². The topological polar surface area (TPSA) is 233 Å². The maximum atomic E-state index is 14.9. The lowest BCUT2D eigenvalue weighted by atomic mass is 9.84. The molecular weight excluding hydrogens is 878 g/mol. The summed E-state index contributed by atoms with van der Waals surface area (Å²) in [4.78, 5) is 88.9. The fourth-order valence-corrected chi connectivity index (χ4v) is 8.78. The first-order valence-corrected chi connectivity index (χ1v) is 23.8. The zero-order valence-corrected chi connectivity index (χ0v) is 40.7. The van der Waals surface area contributed by atoms with Crippen molar-refractivity contribution >= 4 is 31.8 Å². The number of phosphoric acid groups is 1. The number of urea groups is 1. The molecule has 4 aromatic rings. The standard InChI is InChI=1S/C49H66N7O10P/c1-47(2,3)41(54-45(59)65-9)43(57)52-36(28-33-21-23-34(24-22-33)37-19-13-14-25-50-37)30-39(66-67(62,63)64)38(29-32-16-11-10-12-17-32)53-44(58)42(48(4,5)6)56-27-26-55(46(56)60)31-35-18-15-20-40(51-35)49(7,8)61/h10-25,36,38-39,41-42,61H,26-31H2,1-9H3,(H,52,57)(H,53,58)(H,54,59)(H2,62,63,64)/t36-,38-,39-,41+,42+/m0/s1. The Hall–Kier alpha value is -5.71. The number of alkyl carbamates (subject to hydrolysis) is 1. The van der Waals surface area contributed by atoms with E-state index in [0.29, 0.717) is 17.0 Å². The number of aromatic nitrogens is 2. The van der Waals surface area contributed by atoms with Crippen LogP contribution in [-0.2, 0) is 48.4 Å². The number of phosphoric ester groups is 1. The molecule has 0 unspecified atom stereocenters. The van der Waals surface area contributed by atoms with E-state index in [0.717, 1.165) is 16.8 Å². The average molecular weight is 944 g/mol. The van der Waals surface area contributed by atoms with E-state index < -0.39 is 78.5 Å². The molecule has 67 heavy (non-hydrogen) atoms. The van der Waals surface area contributed by atoms with Gasteiger partial charge < -0.3 is 45.4 Å². The number of ether oxygens (including phenoxy) is 1. The molecule has 0 saturated carbocycles. The SMILES string of the molecule is COC(=O)N[C@H](C(=O)N[C@@H](Cc1ccc(-c2ccccn2)cc1)C[C@H](OP(=O)(O)O)[C@H](Cc1ccccc1)NC(=O)[C@@H](N1CCN(Cc2cccc(C(C)(C)O)n2)C1=O)C(C)(C)C)C(C)(C)C. The number of benzene rings is 2. The van der Waals surface area contributed by atoms with Gasteiger partial charge in [0.2, 0.25) is 11.8 Å².